The van der Waals surface area contributed by atoms with E-state index >= 15 is 0 Å². The number of nitrogens with zero attached hydrogens (tertiary/aromatic N) is 3. The van der Waals surface area contributed by atoms with Crippen LogP contribution in [0.1, 0.15) is 62.4 Å². The van der Waals surface area contributed by atoms with Gasteiger partial charge in [0.25, 0.3) is 0 Å². The van der Waals surface area contributed by atoms with Crippen LogP contribution < -0.4 is 4.90 Å². The number of carboxylic acid groups (broad SMARTS) is 1. The van der Waals surface area contributed by atoms with Crippen LogP contribution >= 0.6 is 0 Å². The van der Waals surface area contributed by atoms with E-state index in [1.54, 1.807) is 9.58 Å². The summed E-state index contributed by atoms with van der Waals surface area (Å²) in [5.74, 6) is -0.285. The highest BCUT2D eigenvalue weighted by atomic mass is 16.4. The molecular weight excluding hydrogens is 354 g/mol. The minimum absolute atomic E-state index is 0.0149. The summed E-state index contributed by atoms with van der Waals surface area (Å²) in [6.07, 6.45) is 5.27. The number of carboxylic acids is 1. The maximum atomic E-state index is 13.3. The molecule has 0 spiro atoms. The monoisotopic (exact) mass is 383 g/mol. The maximum absolute atomic E-state index is 13.3. The number of amides is 1. The van der Waals surface area contributed by atoms with Gasteiger partial charge in [-0.3, -0.25) is 9.69 Å². The lowest BCUT2D eigenvalue weighted by Gasteiger charge is -2.32. The van der Waals surface area contributed by atoms with Crippen molar-refractivity contribution in [2.75, 3.05) is 4.90 Å². The number of aryl methyl sites for hydroxylation is 1. The molecule has 28 heavy (non-hydrogen) atoms. The van der Waals surface area contributed by atoms with E-state index in [4.69, 9.17) is 0 Å². The Bertz CT molecular complexity index is 864. The number of anilines is 1. The molecule has 1 saturated carbocycles. The summed E-state index contributed by atoms with van der Waals surface area (Å²) in [6, 6.07) is 7.51. The average Bonchev–Trinajstić information content (AvgIpc) is 3.07. The summed E-state index contributed by atoms with van der Waals surface area (Å²) in [7, 11) is 0. The molecule has 0 aliphatic heterocycles. The first-order valence-corrected chi connectivity index (χ1v) is 10.0. The fraction of sp³-hybridized carbons (Fsp3) is 0.500. The number of carbonyl (C=O) groups is 2. The molecule has 0 unspecified atom stereocenters. The third kappa shape index (κ3) is 4.11. The van der Waals surface area contributed by atoms with Crippen molar-refractivity contribution >= 4 is 17.7 Å². The Balaban J connectivity index is 2.00. The van der Waals surface area contributed by atoms with E-state index < -0.39 is 5.97 Å². The lowest BCUT2D eigenvalue weighted by Crippen LogP contribution is -2.43. The van der Waals surface area contributed by atoms with Gasteiger partial charge in [0.1, 0.15) is 5.56 Å². The van der Waals surface area contributed by atoms with E-state index in [-0.39, 0.29) is 29.2 Å². The molecule has 0 atom stereocenters. The van der Waals surface area contributed by atoms with Gasteiger partial charge in [0.15, 0.2) is 5.82 Å². The van der Waals surface area contributed by atoms with Crippen LogP contribution in [0.4, 0.5) is 5.82 Å². The summed E-state index contributed by atoms with van der Waals surface area (Å²) in [6.45, 7) is 7.99. The maximum Gasteiger partial charge on any atom is 0.341 e. The normalized spacial score (nSPS) is 19.6. The molecule has 1 heterocycles. The molecule has 1 fully saturated rings. The molecule has 2 aromatic rings. The lowest BCUT2D eigenvalue weighted by molar-refractivity contribution is -0.123. The molecule has 1 aromatic heterocycles. The van der Waals surface area contributed by atoms with Gasteiger partial charge in [-0.15, -0.1) is 5.10 Å². The summed E-state index contributed by atoms with van der Waals surface area (Å²) >= 11 is 0. The summed E-state index contributed by atoms with van der Waals surface area (Å²) in [5, 5.41) is 14.3. The van der Waals surface area contributed by atoms with Crippen LogP contribution in [0.15, 0.2) is 30.5 Å². The van der Waals surface area contributed by atoms with Crippen molar-refractivity contribution in [2.45, 2.75) is 59.4 Å². The number of benzene rings is 1. The Labute approximate surface area is 166 Å². The highest BCUT2D eigenvalue weighted by Gasteiger charge is 2.34. The zero-order valence-electron chi connectivity index (χ0n) is 17.1. The zero-order valence-corrected chi connectivity index (χ0v) is 17.1. The number of carbonyl (C=O) groups excluding carboxylic acids is 1. The molecule has 6 nitrogen and oxygen atoms in total. The Morgan fingerprint density at radius 1 is 1.21 bits per heavy atom. The topological polar surface area (TPSA) is 75.4 Å². The van der Waals surface area contributed by atoms with Crippen molar-refractivity contribution in [1.82, 2.24) is 9.78 Å². The van der Waals surface area contributed by atoms with E-state index in [0.717, 1.165) is 36.9 Å². The number of aromatic carboxylic acids is 1. The molecule has 1 aromatic carbocycles. The standard InChI is InChI=1S/C22H29N3O3/c1-14(2)25(21(26)17-10-8-15(3)9-11-17)20-19(22(27)28)13-24(23-20)18-7-5-6-16(4)12-18/h5-7,12-15,17H,8-11H2,1-4H3,(H,27,28)/t15-,17-. The van der Waals surface area contributed by atoms with Gasteiger partial charge in [0.05, 0.1) is 5.69 Å². The predicted octanol–water partition coefficient (Wildman–Crippen LogP) is 4.45. The molecule has 0 radical (unpaired) electrons. The molecular formula is C22H29N3O3. The van der Waals surface area contributed by atoms with E-state index in [1.165, 1.54) is 6.20 Å². The van der Waals surface area contributed by atoms with Gasteiger partial charge >= 0.3 is 5.97 Å². The first-order chi connectivity index (χ1) is 13.3. The van der Waals surface area contributed by atoms with E-state index in [2.05, 4.69) is 12.0 Å². The van der Waals surface area contributed by atoms with Crippen LogP contribution in [0.5, 0.6) is 0 Å². The summed E-state index contributed by atoms with van der Waals surface area (Å²) in [4.78, 5) is 26.8. The largest absolute Gasteiger partial charge is 0.477 e. The van der Waals surface area contributed by atoms with Gasteiger partial charge in [-0.1, -0.05) is 19.1 Å². The van der Waals surface area contributed by atoms with Crippen LogP contribution in [0.2, 0.25) is 0 Å². The van der Waals surface area contributed by atoms with Crippen molar-refractivity contribution in [3.05, 3.63) is 41.6 Å². The fourth-order valence-corrected chi connectivity index (χ4v) is 3.90. The Kier molecular flexibility index (Phi) is 5.87. The highest BCUT2D eigenvalue weighted by Crippen LogP contribution is 2.32. The molecule has 1 amide bonds. The minimum Gasteiger partial charge on any atom is -0.477 e. The fourth-order valence-electron chi connectivity index (χ4n) is 3.90. The zero-order chi connectivity index (χ0) is 20.4. The third-order valence-corrected chi connectivity index (χ3v) is 5.54. The molecule has 0 saturated heterocycles. The second kappa shape index (κ2) is 8.17. The molecule has 0 bridgehead atoms. The van der Waals surface area contributed by atoms with Gasteiger partial charge in [-0.2, -0.15) is 0 Å². The second-order valence-electron chi connectivity index (χ2n) is 8.21. The summed E-state index contributed by atoms with van der Waals surface area (Å²) in [5.41, 5.74) is 1.88. The Morgan fingerprint density at radius 3 is 2.46 bits per heavy atom. The highest BCUT2D eigenvalue weighted by molar-refractivity contribution is 6.01. The van der Waals surface area contributed by atoms with Crippen molar-refractivity contribution in [1.29, 1.82) is 0 Å². The van der Waals surface area contributed by atoms with Crippen LogP contribution in [0.25, 0.3) is 5.69 Å². The van der Waals surface area contributed by atoms with Crippen molar-refractivity contribution < 1.29 is 14.7 Å². The molecule has 3 rings (SSSR count). The van der Waals surface area contributed by atoms with Gasteiger partial charge in [0, 0.05) is 18.2 Å². The number of rotatable bonds is 5. The smallest absolute Gasteiger partial charge is 0.341 e. The van der Waals surface area contributed by atoms with Crippen LogP contribution in [0, 0.1) is 18.8 Å². The third-order valence-electron chi connectivity index (χ3n) is 5.54. The van der Waals surface area contributed by atoms with E-state index in [0.29, 0.717) is 5.92 Å². The first kappa shape index (κ1) is 20.1. The average molecular weight is 383 g/mol. The molecule has 6 heteroatoms. The van der Waals surface area contributed by atoms with Crippen molar-refractivity contribution in [3.63, 3.8) is 0 Å². The Hall–Kier alpha value is -2.63. The van der Waals surface area contributed by atoms with Gasteiger partial charge in [-0.05, 0) is 70.1 Å². The molecule has 1 N–H and O–H groups in total. The van der Waals surface area contributed by atoms with Gasteiger partial charge < -0.3 is 5.11 Å². The summed E-state index contributed by atoms with van der Waals surface area (Å²) < 4.78 is 1.55. The molecule has 150 valence electrons. The minimum atomic E-state index is -1.08. The van der Waals surface area contributed by atoms with Crippen LogP contribution in [-0.4, -0.2) is 32.8 Å². The van der Waals surface area contributed by atoms with Crippen LogP contribution in [0.3, 0.4) is 0 Å². The van der Waals surface area contributed by atoms with Crippen molar-refractivity contribution in [2.24, 2.45) is 11.8 Å². The quantitative estimate of drug-likeness (QED) is 0.828. The van der Waals surface area contributed by atoms with Crippen LogP contribution in [-0.2, 0) is 4.79 Å². The van der Waals surface area contributed by atoms with Gasteiger partial charge in [-0.25, -0.2) is 9.48 Å². The molecule has 1 aliphatic carbocycles. The second-order valence-corrected chi connectivity index (χ2v) is 8.21. The van der Waals surface area contributed by atoms with Gasteiger partial charge in [0.2, 0.25) is 5.91 Å². The molecule has 1 aliphatic rings. The number of hydrogen-bond donors (Lipinski definition) is 1. The predicted molar refractivity (Wildman–Crippen MR) is 109 cm³/mol. The van der Waals surface area contributed by atoms with Crippen molar-refractivity contribution in [3.8, 4) is 5.69 Å². The van der Waals surface area contributed by atoms with E-state index in [9.17, 15) is 14.7 Å². The lowest BCUT2D eigenvalue weighted by atomic mass is 9.82. The van der Waals surface area contributed by atoms with E-state index in [1.807, 2.05) is 45.0 Å². The first-order valence-electron chi connectivity index (χ1n) is 10.0. The number of aromatic nitrogens is 2. The SMILES string of the molecule is Cc1cccc(-n2cc(C(=O)O)c(N(C(=O)[C@H]3CC[C@H](C)CC3)C(C)C)n2)c1. The number of hydrogen-bond acceptors (Lipinski definition) is 3. The Morgan fingerprint density at radius 2 is 1.89 bits per heavy atom.